The Labute approximate surface area is 221 Å². The summed E-state index contributed by atoms with van der Waals surface area (Å²) in [4.78, 5) is 58.1. The number of H-pyrrole nitrogens is 1. The number of hydrogen-bond acceptors (Lipinski definition) is 6. The quantitative estimate of drug-likeness (QED) is 0.268. The number of carbonyl (C=O) groups excluding carboxylic acids is 3. The predicted octanol–water partition coefficient (Wildman–Crippen LogP) is 0.718. The average Bonchev–Trinajstić information content (AvgIpc) is 3.67. The molecule has 38 heavy (non-hydrogen) atoms. The number of aliphatic carboxylic acids is 1. The zero-order valence-electron chi connectivity index (χ0n) is 21.6. The number of amides is 3. The first-order valence-electron chi connectivity index (χ1n) is 13.5. The van der Waals surface area contributed by atoms with Gasteiger partial charge in [-0.1, -0.05) is 24.6 Å². The van der Waals surface area contributed by atoms with E-state index in [9.17, 15) is 24.3 Å². The highest BCUT2D eigenvalue weighted by atomic mass is 16.4. The van der Waals surface area contributed by atoms with Crippen molar-refractivity contribution in [2.75, 3.05) is 19.6 Å². The molecule has 0 spiro atoms. The maximum absolute atomic E-state index is 13.7. The summed E-state index contributed by atoms with van der Waals surface area (Å²) in [5.41, 5.74) is 13.4. The van der Waals surface area contributed by atoms with Gasteiger partial charge in [0.1, 0.15) is 18.1 Å². The van der Waals surface area contributed by atoms with E-state index in [4.69, 9.17) is 11.5 Å². The van der Waals surface area contributed by atoms with Crippen molar-refractivity contribution in [3.8, 4) is 0 Å². The summed E-state index contributed by atoms with van der Waals surface area (Å²) >= 11 is 0. The first kappa shape index (κ1) is 27.6. The molecule has 11 heteroatoms. The second-order valence-corrected chi connectivity index (χ2v) is 10.2. The zero-order valence-corrected chi connectivity index (χ0v) is 21.6. The fourth-order valence-electron chi connectivity index (χ4n) is 5.62. The molecule has 4 rings (SSSR count). The standard InChI is InChI=1S/C27H38N6O5/c28-12-4-3-8-19(29)25(35)32-13-5-10-22(32)24(34)31-21(26(36)33-14-6-11-23(33)27(37)38)15-17-16-30-20-9-2-1-7-18(17)20/h1-2,7,9,16,19,21-23,30H,3-6,8,10-15,28-29H2,(H,31,34)(H,37,38). The lowest BCUT2D eigenvalue weighted by Crippen LogP contribution is -2.57. The topological polar surface area (TPSA) is 175 Å². The molecule has 0 radical (unpaired) electrons. The van der Waals surface area contributed by atoms with Crippen LogP contribution in [0.3, 0.4) is 0 Å². The summed E-state index contributed by atoms with van der Waals surface area (Å²) in [5, 5.41) is 13.5. The smallest absolute Gasteiger partial charge is 0.326 e. The van der Waals surface area contributed by atoms with Crippen molar-refractivity contribution in [1.29, 1.82) is 0 Å². The molecular weight excluding hydrogens is 488 g/mol. The Morgan fingerprint density at radius 2 is 1.71 bits per heavy atom. The van der Waals surface area contributed by atoms with Crippen molar-refractivity contribution in [3.63, 3.8) is 0 Å². The van der Waals surface area contributed by atoms with Crippen molar-refractivity contribution in [1.82, 2.24) is 20.1 Å². The Bertz CT molecular complexity index is 1170. The Morgan fingerprint density at radius 3 is 2.42 bits per heavy atom. The van der Waals surface area contributed by atoms with Gasteiger partial charge in [-0.15, -0.1) is 0 Å². The van der Waals surface area contributed by atoms with Crippen LogP contribution in [0.1, 0.15) is 50.5 Å². The van der Waals surface area contributed by atoms with Crippen molar-refractivity contribution >= 4 is 34.6 Å². The minimum absolute atomic E-state index is 0.191. The molecule has 206 valence electrons. The molecule has 3 amide bonds. The molecule has 0 saturated carbocycles. The third kappa shape index (κ3) is 5.99. The van der Waals surface area contributed by atoms with Crippen LogP contribution in [0.15, 0.2) is 30.5 Å². The summed E-state index contributed by atoms with van der Waals surface area (Å²) < 4.78 is 0. The van der Waals surface area contributed by atoms with Crippen LogP contribution < -0.4 is 16.8 Å². The maximum atomic E-state index is 13.7. The van der Waals surface area contributed by atoms with E-state index in [2.05, 4.69) is 10.3 Å². The van der Waals surface area contributed by atoms with Gasteiger partial charge in [0.05, 0.1) is 6.04 Å². The normalized spacial score (nSPS) is 21.0. The number of unbranched alkanes of at least 4 members (excludes halogenated alkanes) is 1. The number of carbonyl (C=O) groups is 4. The van der Waals surface area contributed by atoms with Crippen LogP contribution in [-0.4, -0.2) is 87.4 Å². The van der Waals surface area contributed by atoms with E-state index in [1.165, 1.54) is 9.80 Å². The Balaban J connectivity index is 1.53. The van der Waals surface area contributed by atoms with Gasteiger partial charge in [0.25, 0.3) is 0 Å². The van der Waals surface area contributed by atoms with Crippen LogP contribution in [0.25, 0.3) is 10.9 Å². The van der Waals surface area contributed by atoms with E-state index < -0.39 is 42.0 Å². The maximum Gasteiger partial charge on any atom is 0.326 e. The largest absolute Gasteiger partial charge is 0.480 e. The molecule has 1 aromatic heterocycles. The Hall–Kier alpha value is -3.44. The number of aromatic amines is 1. The van der Waals surface area contributed by atoms with Crippen molar-refractivity contribution in [3.05, 3.63) is 36.0 Å². The van der Waals surface area contributed by atoms with Gasteiger partial charge in [-0.05, 0) is 56.7 Å². The van der Waals surface area contributed by atoms with Gasteiger partial charge in [0, 0.05) is 36.6 Å². The number of para-hydroxylation sites is 1. The highest BCUT2D eigenvalue weighted by Crippen LogP contribution is 2.24. The zero-order chi connectivity index (χ0) is 27.2. The van der Waals surface area contributed by atoms with Crippen molar-refractivity contribution in [2.24, 2.45) is 11.5 Å². The Kier molecular flexibility index (Phi) is 9.01. The van der Waals surface area contributed by atoms with E-state index in [1.807, 2.05) is 30.5 Å². The SMILES string of the molecule is NCCCCC(N)C(=O)N1CCCC1C(=O)NC(Cc1c[nH]c2ccccc12)C(=O)N1CCCC1C(=O)O. The van der Waals surface area contributed by atoms with E-state index in [0.717, 1.165) is 29.3 Å². The van der Waals surface area contributed by atoms with E-state index in [1.54, 1.807) is 0 Å². The number of likely N-dealkylation sites (tertiary alicyclic amines) is 2. The number of nitrogens with one attached hydrogen (secondary N) is 2. The molecule has 2 aliphatic heterocycles. The molecule has 0 aliphatic carbocycles. The summed E-state index contributed by atoms with van der Waals surface area (Å²) in [7, 11) is 0. The number of carboxylic acid groups (broad SMARTS) is 1. The van der Waals surface area contributed by atoms with Gasteiger partial charge in [-0.3, -0.25) is 14.4 Å². The molecule has 7 N–H and O–H groups in total. The summed E-state index contributed by atoms with van der Waals surface area (Å²) in [6.45, 7) is 1.28. The number of hydrogen-bond donors (Lipinski definition) is 5. The highest BCUT2D eigenvalue weighted by molar-refractivity contribution is 5.95. The average molecular weight is 527 g/mol. The second kappa shape index (κ2) is 12.4. The molecule has 11 nitrogen and oxygen atoms in total. The number of benzene rings is 1. The van der Waals surface area contributed by atoms with Crippen LogP contribution in [0.5, 0.6) is 0 Å². The molecule has 4 unspecified atom stereocenters. The fourth-order valence-corrected chi connectivity index (χ4v) is 5.62. The summed E-state index contributed by atoms with van der Waals surface area (Å²) in [5.74, 6) is -2.17. The van der Waals surface area contributed by atoms with Gasteiger partial charge in [0.2, 0.25) is 17.7 Å². The minimum atomic E-state index is -1.05. The number of aromatic nitrogens is 1. The lowest BCUT2D eigenvalue weighted by molar-refractivity contribution is -0.149. The molecule has 0 bridgehead atoms. The molecule has 2 saturated heterocycles. The Morgan fingerprint density at radius 1 is 1.03 bits per heavy atom. The van der Waals surface area contributed by atoms with E-state index in [0.29, 0.717) is 51.7 Å². The monoisotopic (exact) mass is 526 g/mol. The molecule has 4 atom stereocenters. The molecule has 1 aromatic carbocycles. The van der Waals surface area contributed by atoms with Crippen molar-refractivity contribution < 1.29 is 24.3 Å². The fraction of sp³-hybridized carbons (Fsp3) is 0.556. The molecule has 2 fully saturated rings. The molecule has 3 heterocycles. The lowest BCUT2D eigenvalue weighted by Gasteiger charge is -2.30. The van der Waals surface area contributed by atoms with Crippen molar-refractivity contribution in [2.45, 2.75) is 75.5 Å². The first-order valence-corrected chi connectivity index (χ1v) is 13.5. The van der Waals surface area contributed by atoms with Crippen LogP contribution >= 0.6 is 0 Å². The molecular formula is C27H38N6O5. The van der Waals surface area contributed by atoms with Crippen LogP contribution in [0.2, 0.25) is 0 Å². The number of nitrogens with zero attached hydrogens (tertiary/aromatic N) is 2. The van der Waals surface area contributed by atoms with Gasteiger partial charge >= 0.3 is 5.97 Å². The van der Waals surface area contributed by atoms with Crippen LogP contribution in [0.4, 0.5) is 0 Å². The number of carboxylic acids is 1. The van der Waals surface area contributed by atoms with Gasteiger partial charge < -0.3 is 36.7 Å². The second-order valence-electron chi connectivity index (χ2n) is 10.2. The minimum Gasteiger partial charge on any atom is -0.480 e. The van der Waals surface area contributed by atoms with Gasteiger partial charge in [0.15, 0.2) is 0 Å². The number of fused-ring (bicyclic) bond motifs is 1. The molecule has 2 aliphatic rings. The van der Waals surface area contributed by atoms with Crippen LogP contribution in [-0.2, 0) is 25.6 Å². The lowest BCUT2D eigenvalue weighted by atomic mass is 10.0. The predicted molar refractivity (Wildman–Crippen MR) is 142 cm³/mol. The summed E-state index contributed by atoms with van der Waals surface area (Å²) in [6.07, 6.45) is 6.10. The third-order valence-electron chi connectivity index (χ3n) is 7.66. The highest BCUT2D eigenvalue weighted by Gasteiger charge is 2.41. The van der Waals surface area contributed by atoms with Gasteiger partial charge in [-0.25, -0.2) is 4.79 Å². The molecule has 2 aromatic rings. The third-order valence-corrected chi connectivity index (χ3v) is 7.66. The van der Waals surface area contributed by atoms with Gasteiger partial charge in [-0.2, -0.15) is 0 Å². The number of nitrogens with two attached hydrogens (primary N) is 2. The van der Waals surface area contributed by atoms with Crippen LogP contribution in [0, 0.1) is 0 Å². The van der Waals surface area contributed by atoms with E-state index in [-0.39, 0.29) is 12.3 Å². The van der Waals surface area contributed by atoms with E-state index >= 15 is 0 Å². The number of rotatable bonds is 11. The first-order chi connectivity index (χ1) is 18.3. The summed E-state index contributed by atoms with van der Waals surface area (Å²) in [6, 6.07) is 4.33.